The molecule has 6 atom stereocenters. The third-order valence-electron chi connectivity index (χ3n) is 14.2. The minimum atomic E-state index is -4.63. The third kappa shape index (κ3) is 23.8. The first-order chi connectivity index (χ1) is 40.8. The molecule has 5 rings (SSSR count). The number of nitrogens with one attached hydrogen (secondary N) is 5. The number of likely N-dealkylation sites (tertiary alicyclic amines) is 1. The van der Waals surface area contributed by atoms with Crippen molar-refractivity contribution in [3.05, 3.63) is 77.9 Å². The van der Waals surface area contributed by atoms with Gasteiger partial charge in [-0.2, -0.15) is 0 Å². The van der Waals surface area contributed by atoms with E-state index in [0.717, 1.165) is 11.1 Å². The summed E-state index contributed by atoms with van der Waals surface area (Å²) in [6.45, 7) is 8.85. The molecule has 27 nitrogen and oxygen atoms in total. The first-order valence-corrected chi connectivity index (χ1v) is 30.5. The average Bonchev–Trinajstić information content (AvgIpc) is 2.11. The number of amides is 7. The Kier molecular flexibility index (Phi) is 29.8. The van der Waals surface area contributed by atoms with Gasteiger partial charge in [0.25, 0.3) is 0 Å². The number of hydrogen-bond acceptors (Lipinski definition) is 17. The van der Waals surface area contributed by atoms with Gasteiger partial charge in [-0.25, -0.2) is 9.78 Å². The largest absolute Gasteiger partial charge is 0.449 e. The van der Waals surface area contributed by atoms with Gasteiger partial charge >= 0.3 is 13.7 Å². The summed E-state index contributed by atoms with van der Waals surface area (Å²) in [5.74, 6) is -5.74. The summed E-state index contributed by atoms with van der Waals surface area (Å²) in [4.78, 5) is 117. The second-order valence-electron chi connectivity index (χ2n) is 21.2. The van der Waals surface area contributed by atoms with Crippen LogP contribution in [0.15, 0.2) is 61.1 Å². The van der Waals surface area contributed by atoms with Gasteiger partial charge in [0.15, 0.2) is 0 Å². The number of aliphatic hydroxyl groups excluding tert-OH is 1. The number of nitrogens with two attached hydrogens (primary N) is 1. The van der Waals surface area contributed by atoms with Crippen LogP contribution in [0.1, 0.15) is 75.6 Å². The molecule has 3 aromatic rings. The number of hydrogen-bond donors (Lipinski definition) is 9. The third-order valence-corrected chi connectivity index (χ3v) is 15.3. The molecule has 2 aromatic carbocycles. The zero-order valence-corrected chi connectivity index (χ0v) is 49.9. The van der Waals surface area contributed by atoms with Crippen LogP contribution in [0.5, 0.6) is 0 Å². The number of nitrogens with zero attached hydrogens (tertiary/aromatic N) is 3. The van der Waals surface area contributed by atoms with Crippen LogP contribution in [0.25, 0.3) is 11.1 Å². The van der Waals surface area contributed by atoms with E-state index in [4.69, 9.17) is 38.9 Å². The van der Waals surface area contributed by atoms with Crippen LogP contribution in [0.3, 0.4) is 0 Å². The number of aliphatic hydroxyl groups is 1. The zero-order chi connectivity index (χ0) is 61.7. The molecule has 472 valence electrons. The van der Waals surface area contributed by atoms with Crippen LogP contribution in [0.2, 0.25) is 0 Å². The van der Waals surface area contributed by atoms with E-state index in [-0.39, 0.29) is 63.4 Å². The highest BCUT2D eigenvalue weighted by Gasteiger charge is 2.38. The molecule has 1 fully saturated rings. The fourth-order valence-corrected chi connectivity index (χ4v) is 10.7. The lowest BCUT2D eigenvalue weighted by Gasteiger charge is -2.28. The fourth-order valence-electron chi connectivity index (χ4n) is 9.72. The average molecular weight is 1220 g/mol. The standard InChI is InChI=1S/C57H86N9O18P/c1-38(2)15-16-46(53(70)62-47(32-40-33-59-37-65(40)4)54(71)63-48(34-67)55(72)64-51(52(58)69)39(3)36-85(75,76)77)61-56(73)49-14-9-19-66(49)50(68)17-20-78-22-24-80-26-28-82-30-31-83-29-27-81-25-23-79-21-18-60-57(74)84-35-45-43-12-7-5-10-41(43)42-11-6-8-13-44(42)45/h5-8,10-13,33,37-39,45-49,51,67H,9,14-32,34-36H2,1-4H3,(H2,58,69)(H,60,74)(H,61,73)(H,62,70)(H,63,71)(H,64,72)(H2,75,76,77). The van der Waals surface area contributed by atoms with Crippen molar-refractivity contribution in [2.75, 3.05) is 112 Å². The summed E-state index contributed by atoms with van der Waals surface area (Å²) < 4.78 is 52.1. The Balaban J connectivity index is 0.912. The topological polar surface area (TPSA) is 369 Å². The number of aryl methyl sites for hydroxylation is 1. The molecule has 1 aliphatic carbocycles. The van der Waals surface area contributed by atoms with Gasteiger partial charge in [0, 0.05) is 44.4 Å². The summed E-state index contributed by atoms with van der Waals surface area (Å²) in [6.07, 6.45) is 3.07. The maximum atomic E-state index is 14.1. The van der Waals surface area contributed by atoms with Crippen LogP contribution in [0.4, 0.5) is 4.79 Å². The van der Waals surface area contributed by atoms with Gasteiger partial charge in [0.1, 0.15) is 36.8 Å². The summed E-state index contributed by atoms with van der Waals surface area (Å²) in [6, 6.07) is 9.66. The molecule has 1 aromatic heterocycles. The van der Waals surface area contributed by atoms with Crippen molar-refractivity contribution in [3.63, 3.8) is 0 Å². The molecule has 1 aliphatic heterocycles. The molecule has 2 aliphatic rings. The fraction of sp³-hybridized carbons (Fsp3) is 0.614. The van der Waals surface area contributed by atoms with Crippen LogP contribution >= 0.6 is 7.60 Å². The lowest BCUT2D eigenvalue weighted by Crippen LogP contribution is -2.60. The quantitative estimate of drug-likeness (QED) is 0.0278. The predicted octanol–water partition coefficient (Wildman–Crippen LogP) is 0.649. The molecule has 0 radical (unpaired) electrons. The summed E-state index contributed by atoms with van der Waals surface area (Å²) >= 11 is 0. The molecule has 2 heterocycles. The van der Waals surface area contributed by atoms with E-state index in [0.29, 0.717) is 97.5 Å². The monoisotopic (exact) mass is 1220 g/mol. The minimum absolute atomic E-state index is 0.00147. The van der Waals surface area contributed by atoms with Gasteiger partial charge in [-0.05, 0) is 59.8 Å². The molecular formula is C57H86N9O18P. The van der Waals surface area contributed by atoms with Crippen LogP contribution < -0.4 is 32.3 Å². The highest BCUT2D eigenvalue weighted by molar-refractivity contribution is 7.51. The van der Waals surface area contributed by atoms with Crippen molar-refractivity contribution in [2.24, 2.45) is 24.6 Å². The van der Waals surface area contributed by atoms with Gasteiger partial charge in [-0.1, -0.05) is 69.3 Å². The van der Waals surface area contributed by atoms with Crippen molar-refractivity contribution < 1.29 is 86.2 Å². The molecule has 7 amide bonds. The number of ether oxygens (including phenoxy) is 7. The number of alkyl carbamates (subject to hydrolysis) is 1. The lowest BCUT2D eigenvalue weighted by molar-refractivity contribution is -0.140. The van der Waals surface area contributed by atoms with Crippen molar-refractivity contribution in [3.8, 4) is 11.1 Å². The number of primary amides is 1. The Morgan fingerprint density at radius 3 is 1.76 bits per heavy atom. The Morgan fingerprint density at radius 2 is 1.24 bits per heavy atom. The molecule has 85 heavy (non-hydrogen) atoms. The molecule has 0 bridgehead atoms. The van der Waals surface area contributed by atoms with Crippen LogP contribution in [-0.2, 0) is 80.0 Å². The van der Waals surface area contributed by atoms with E-state index in [1.807, 2.05) is 38.1 Å². The Morgan fingerprint density at radius 1 is 0.706 bits per heavy atom. The van der Waals surface area contributed by atoms with Gasteiger partial charge in [0.05, 0.1) is 105 Å². The molecule has 28 heteroatoms. The molecule has 0 saturated carbocycles. The van der Waals surface area contributed by atoms with E-state index in [9.17, 15) is 53.0 Å². The number of carbonyl (C=O) groups is 7. The Hall–Kier alpha value is -6.39. The SMILES string of the molecule is CC(C)CCC(NC(=O)C1CCCN1C(=O)CCOCCOCCOCCOCCOCCOCCNC(=O)OCC1c2ccccc2-c2ccccc21)C(=O)NC(Cc1cncn1C)C(=O)NC(CO)C(=O)NC(C(N)=O)C(C)CP(=O)(O)O. The zero-order valence-electron chi connectivity index (χ0n) is 49.0. The van der Waals surface area contributed by atoms with Crippen molar-refractivity contribution >= 4 is 49.1 Å². The van der Waals surface area contributed by atoms with Crippen molar-refractivity contribution in [2.45, 2.75) is 95.4 Å². The normalized spacial score (nSPS) is 15.7. The highest BCUT2D eigenvalue weighted by Crippen LogP contribution is 2.44. The summed E-state index contributed by atoms with van der Waals surface area (Å²) in [5.41, 5.74) is 10.6. The van der Waals surface area contributed by atoms with Gasteiger partial charge < -0.3 is 89.8 Å². The first-order valence-electron chi connectivity index (χ1n) is 28.7. The number of fused-ring (bicyclic) bond motifs is 3. The Bertz CT molecular complexity index is 2610. The second kappa shape index (κ2) is 36.6. The molecule has 6 unspecified atom stereocenters. The smallest absolute Gasteiger partial charge is 0.407 e. The number of carbonyl (C=O) groups excluding carboxylic acids is 7. The van der Waals surface area contributed by atoms with E-state index in [1.54, 1.807) is 11.6 Å². The van der Waals surface area contributed by atoms with Crippen molar-refractivity contribution in [1.29, 1.82) is 0 Å². The predicted molar refractivity (Wildman–Crippen MR) is 308 cm³/mol. The number of imidazole rings is 1. The van der Waals surface area contributed by atoms with E-state index >= 15 is 0 Å². The molecular weight excluding hydrogens is 1130 g/mol. The summed E-state index contributed by atoms with van der Waals surface area (Å²) in [5, 5.41) is 23.0. The summed E-state index contributed by atoms with van der Waals surface area (Å²) in [7, 11) is -2.97. The first kappa shape index (κ1) is 69.4. The van der Waals surface area contributed by atoms with E-state index < -0.39 is 92.1 Å². The van der Waals surface area contributed by atoms with Gasteiger partial charge in [-0.3, -0.25) is 33.3 Å². The number of rotatable bonds is 41. The van der Waals surface area contributed by atoms with Crippen LogP contribution in [0, 0.1) is 11.8 Å². The second-order valence-corrected chi connectivity index (χ2v) is 22.9. The Labute approximate surface area is 495 Å². The molecule has 1 saturated heterocycles. The van der Waals surface area contributed by atoms with Crippen molar-refractivity contribution in [1.82, 2.24) is 41.0 Å². The highest BCUT2D eigenvalue weighted by atomic mass is 31.2. The molecule has 10 N–H and O–H groups in total. The lowest BCUT2D eigenvalue weighted by atomic mass is 9.98. The van der Waals surface area contributed by atoms with Gasteiger partial charge in [0.2, 0.25) is 35.4 Å². The van der Waals surface area contributed by atoms with E-state index in [1.165, 1.54) is 35.5 Å². The molecule has 0 spiro atoms. The van der Waals surface area contributed by atoms with E-state index in [2.05, 4.69) is 55.8 Å². The number of benzene rings is 2. The minimum Gasteiger partial charge on any atom is -0.449 e. The number of aromatic nitrogens is 2. The maximum Gasteiger partial charge on any atom is 0.407 e. The van der Waals surface area contributed by atoms with Crippen LogP contribution in [-0.4, -0.2) is 213 Å². The maximum absolute atomic E-state index is 14.1. The van der Waals surface area contributed by atoms with Gasteiger partial charge in [-0.15, -0.1) is 0 Å².